The number of ether oxygens (including phenoxy) is 4. The molecule has 3 atom stereocenters. The standard InChI is InChI=1S/C36H33N3O5S/c1-41-27-14-10-25(11-15-27)36(24-7-4-3-5-8-24,26-12-16-28(42-2)17-13-26)43-22-31-30(40)21-33(44-31)39-23-38-34-29(18-19-37-35(34)39)32-9-6-20-45-32/h3-20,23,30-31,33,40H,21-22H2,1-2H3/t30-,31+,33+/m0/s1. The van der Waals surface area contributed by atoms with Gasteiger partial charge >= 0.3 is 0 Å². The molecule has 1 saturated heterocycles. The van der Waals surface area contributed by atoms with Crippen molar-refractivity contribution in [1.29, 1.82) is 0 Å². The quantitative estimate of drug-likeness (QED) is 0.168. The number of hydrogen-bond donors (Lipinski definition) is 1. The van der Waals surface area contributed by atoms with Crippen LogP contribution in [0.4, 0.5) is 0 Å². The van der Waals surface area contributed by atoms with Crippen LogP contribution in [0.15, 0.2) is 115 Å². The molecular formula is C36H33N3O5S. The molecule has 0 bridgehead atoms. The number of nitrogens with zero attached hydrogens (tertiary/aromatic N) is 3. The second kappa shape index (κ2) is 12.5. The Morgan fingerprint density at radius 3 is 2.13 bits per heavy atom. The van der Waals surface area contributed by atoms with Crippen LogP contribution in [-0.4, -0.2) is 52.7 Å². The second-order valence-corrected chi connectivity index (χ2v) is 11.9. The van der Waals surface area contributed by atoms with Crippen LogP contribution in [0.3, 0.4) is 0 Å². The van der Waals surface area contributed by atoms with Crippen molar-refractivity contribution >= 4 is 22.5 Å². The lowest BCUT2D eigenvalue weighted by molar-refractivity contribution is -0.0931. The summed E-state index contributed by atoms with van der Waals surface area (Å²) in [5, 5.41) is 13.3. The third-order valence-corrected chi connectivity index (χ3v) is 9.30. The lowest BCUT2D eigenvalue weighted by atomic mass is 9.80. The third-order valence-electron chi connectivity index (χ3n) is 8.40. The van der Waals surface area contributed by atoms with Gasteiger partial charge in [-0.2, -0.15) is 0 Å². The summed E-state index contributed by atoms with van der Waals surface area (Å²) in [6.45, 7) is 0.130. The van der Waals surface area contributed by atoms with Crippen molar-refractivity contribution in [2.75, 3.05) is 20.8 Å². The molecule has 7 rings (SSSR count). The van der Waals surface area contributed by atoms with Gasteiger partial charge in [0.25, 0.3) is 0 Å². The minimum atomic E-state index is -1.01. The highest BCUT2D eigenvalue weighted by molar-refractivity contribution is 7.13. The molecule has 0 saturated carbocycles. The number of fused-ring (bicyclic) bond motifs is 1. The maximum atomic E-state index is 11.3. The van der Waals surface area contributed by atoms with E-state index in [0.717, 1.165) is 49.8 Å². The molecule has 6 aromatic rings. The number of pyridine rings is 1. The SMILES string of the molecule is COc1ccc(C(OC[C@H]2O[C@@H](n3cnc4c(-c5cccs5)ccnc43)C[C@@H]2O)(c2ccccc2)c2ccc(OC)cc2)cc1. The zero-order valence-corrected chi connectivity index (χ0v) is 25.8. The van der Waals surface area contributed by atoms with Gasteiger partial charge in [0, 0.05) is 23.1 Å². The Balaban J connectivity index is 1.23. The molecular weight excluding hydrogens is 586 g/mol. The predicted molar refractivity (Wildman–Crippen MR) is 174 cm³/mol. The fourth-order valence-electron chi connectivity index (χ4n) is 6.09. The monoisotopic (exact) mass is 619 g/mol. The number of thiophene rings is 1. The lowest BCUT2D eigenvalue weighted by Crippen LogP contribution is -2.38. The lowest BCUT2D eigenvalue weighted by Gasteiger charge is -2.37. The molecule has 228 valence electrons. The zero-order chi connectivity index (χ0) is 30.8. The predicted octanol–water partition coefficient (Wildman–Crippen LogP) is 6.83. The van der Waals surface area contributed by atoms with Crippen LogP contribution in [0, 0.1) is 0 Å². The average molecular weight is 620 g/mol. The van der Waals surface area contributed by atoms with E-state index in [1.54, 1.807) is 38.1 Å². The van der Waals surface area contributed by atoms with Gasteiger partial charge in [-0.3, -0.25) is 4.57 Å². The Labute approximate surface area is 265 Å². The smallest absolute Gasteiger partial charge is 0.162 e. The summed E-state index contributed by atoms with van der Waals surface area (Å²) in [7, 11) is 3.30. The summed E-state index contributed by atoms with van der Waals surface area (Å²) in [4.78, 5) is 10.5. The van der Waals surface area contributed by atoms with Gasteiger partial charge in [-0.25, -0.2) is 9.97 Å². The Bertz CT molecular complexity index is 1810. The van der Waals surface area contributed by atoms with Gasteiger partial charge in [0.2, 0.25) is 0 Å². The number of benzene rings is 3. The van der Waals surface area contributed by atoms with Crippen molar-refractivity contribution in [2.24, 2.45) is 0 Å². The summed E-state index contributed by atoms with van der Waals surface area (Å²) in [5.74, 6) is 1.49. The summed E-state index contributed by atoms with van der Waals surface area (Å²) in [6, 6.07) is 31.9. The molecule has 3 aromatic heterocycles. The zero-order valence-electron chi connectivity index (χ0n) is 24.9. The first-order chi connectivity index (χ1) is 22.1. The largest absolute Gasteiger partial charge is 0.497 e. The summed E-state index contributed by atoms with van der Waals surface area (Å²) >= 11 is 1.66. The van der Waals surface area contributed by atoms with E-state index < -0.39 is 24.0 Å². The molecule has 0 spiro atoms. The van der Waals surface area contributed by atoms with Gasteiger partial charge in [-0.05, 0) is 58.5 Å². The van der Waals surface area contributed by atoms with Gasteiger partial charge in [0.1, 0.15) is 34.9 Å². The number of rotatable bonds is 10. The molecule has 1 N–H and O–H groups in total. The first-order valence-electron chi connectivity index (χ1n) is 14.8. The third kappa shape index (κ3) is 5.38. The van der Waals surface area contributed by atoms with E-state index in [0.29, 0.717) is 6.42 Å². The Morgan fingerprint density at radius 2 is 1.51 bits per heavy atom. The van der Waals surface area contributed by atoms with Crippen LogP contribution in [0.5, 0.6) is 11.5 Å². The van der Waals surface area contributed by atoms with Gasteiger partial charge in [0.15, 0.2) is 5.65 Å². The molecule has 0 radical (unpaired) electrons. The van der Waals surface area contributed by atoms with Crippen molar-refractivity contribution in [2.45, 2.75) is 30.5 Å². The first-order valence-corrected chi connectivity index (χ1v) is 15.7. The van der Waals surface area contributed by atoms with Crippen LogP contribution in [0.25, 0.3) is 21.6 Å². The van der Waals surface area contributed by atoms with Crippen LogP contribution in [0.1, 0.15) is 29.3 Å². The van der Waals surface area contributed by atoms with Crippen molar-refractivity contribution < 1.29 is 24.1 Å². The number of aliphatic hydroxyl groups is 1. The van der Waals surface area contributed by atoms with Crippen LogP contribution in [-0.2, 0) is 15.1 Å². The van der Waals surface area contributed by atoms with Crippen molar-refractivity contribution in [3.05, 3.63) is 132 Å². The molecule has 0 aliphatic carbocycles. The van der Waals surface area contributed by atoms with Gasteiger partial charge in [-0.1, -0.05) is 60.7 Å². The molecule has 4 heterocycles. The van der Waals surface area contributed by atoms with E-state index in [1.165, 1.54) is 0 Å². The van der Waals surface area contributed by atoms with Gasteiger partial charge < -0.3 is 24.1 Å². The highest BCUT2D eigenvalue weighted by Gasteiger charge is 2.42. The molecule has 0 unspecified atom stereocenters. The molecule has 9 heteroatoms. The van der Waals surface area contributed by atoms with E-state index >= 15 is 0 Å². The van der Waals surface area contributed by atoms with E-state index in [4.69, 9.17) is 23.9 Å². The fraction of sp³-hybridized carbons (Fsp3) is 0.222. The summed E-state index contributed by atoms with van der Waals surface area (Å²) in [5.41, 5.74) is 4.30. The number of methoxy groups -OCH3 is 2. The number of imidazole rings is 1. The fourth-order valence-corrected chi connectivity index (χ4v) is 6.85. The van der Waals surface area contributed by atoms with E-state index in [9.17, 15) is 5.11 Å². The average Bonchev–Trinajstić information content (AvgIpc) is 3.87. The second-order valence-electron chi connectivity index (χ2n) is 10.9. The van der Waals surface area contributed by atoms with Crippen LogP contribution in [0.2, 0.25) is 0 Å². The Kier molecular flexibility index (Phi) is 8.08. The number of hydrogen-bond acceptors (Lipinski definition) is 8. The van der Waals surface area contributed by atoms with Crippen molar-refractivity contribution in [1.82, 2.24) is 14.5 Å². The Hall–Kier alpha value is -4.54. The molecule has 3 aromatic carbocycles. The van der Waals surface area contributed by atoms with Crippen molar-refractivity contribution in [3.63, 3.8) is 0 Å². The minimum absolute atomic E-state index is 0.130. The summed E-state index contributed by atoms with van der Waals surface area (Å²) in [6.07, 6.45) is 2.13. The van der Waals surface area contributed by atoms with E-state index in [1.807, 2.05) is 88.8 Å². The topological polar surface area (TPSA) is 87.9 Å². The highest BCUT2D eigenvalue weighted by atomic mass is 32.1. The molecule has 45 heavy (non-hydrogen) atoms. The maximum Gasteiger partial charge on any atom is 0.162 e. The van der Waals surface area contributed by atoms with Gasteiger partial charge in [0.05, 0.1) is 33.3 Å². The normalized spacial score (nSPS) is 18.3. The van der Waals surface area contributed by atoms with E-state index in [-0.39, 0.29) is 6.61 Å². The first kappa shape index (κ1) is 29.2. The minimum Gasteiger partial charge on any atom is -0.497 e. The molecule has 1 fully saturated rings. The molecule has 1 aliphatic heterocycles. The highest BCUT2D eigenvalue weighted by Crippen LogP contribution is 2.43. The molecule has 0 amide bonds. The van der Waals surface area contributed by atoms with Crippen molar-refractivity contribution in [3.8, 4) is 21.9 Å². The Morgan fingerprint density at radius 1 is 0.844 bits per heavy atom. The maximum absolute atomic E-state index is 11.3. The van der Waals surface area contributed by atoms with Gasteiger partial charge in [-0.15, -0.1) is 11.3 Å². The summed E-state index contributed by atoms with van der Waals surface area (Å²) < 4.78 is 26.3. The molecule has 8 nitrogen and oxygen atoms in total. The number of aromatic nitrogens is 3. The van der Waals surface area contributed by atoms with Crippen LogP contribution < -0.4 is 9.47 Å². The van der Waals surface area contributed by atoms with Crippen LogP contribution >= 0.6 is 11.3 Å². The molecule has 1 aliphatic rings. The number of aliphatic hydroxyl groups excluding tert-OH is 1. The van der Waals surface area contributed by atoms with E-state index in [2.05, 4.69) is 23.2 Å².